The van der Waals surface area contributed by atoms with Crippen LogP contribution >= 0.6 is 15.6 Å². The third kappa shape index (κ3) is 35.4. The van der Waals surface area contributed by atoms with Crippen molar-refractivity contribution in [2.75, 3.05) is 13.2 Å². The van der Waals surface area contributed by atoms with Crippen molar-refractivity contribution in [3.8, 4) is 0 Å². The quantitative estimate of drug-likeness (QED) is 0.0254. The van der Waals surface area contributed by atoms with Crippen molar-refractivity contribution in [3.63, 3.8) is 0 Å². The van der Waals surface area contributed by atoms with Gasteiger partial charge in [-0.1, -0.05) is 128 Å². The average Bonchev–Trinajstić information content (AvgIpc) is 3.33. The number of aliphatic hydroxyl groups is 4. The van der Waals surface area contributed by atoms with Gasteiger partial charge in [0.2, 0.25) is 0 Å². The first-order chi connectivity index (χ1) is 35.4. The summed E-state index contributed by atoms with van der Waals surface area (Å²) in [6.07, 6.45) is 37.6. The molecule has 0 radical (unpaired) electrons. The maximum atomic E-state index is 12.4. The molecule has 7 atom stereocenters. The summed E-state index contributed by atoms with van der Waals surface area (Å²) in [5.74, 6) is 0. The largest absolute Gasteiger partial charge is 0.483 e. The number of phosphoric ester groups is 2. The Morgan fingerprint density at radius 2 is 0.680 bits per heavy atom. The van der Waals surface area contributed by atoms with E-state index in [1.165, 1.54) is 62.2 Å². The van der Waals surface area contributed by atoms with Crippen LogP contribution in [0.1, 0.15) is 212 Å². The van der Waals surface area contributed by atoms with E-state index < -0.39 is 53.0 Å². The molecule has 12 nitrogen and oxygen atoms in total. The second-order valence-corrected chi connectivity index (χ2v) is 24.1. The summed E-state index contributed by atoms with van der Waals surface area (Å²) >= 11 is 0. The maximum Gasteiger partial charge on any atom is 0.483 e. The Labute approximate surface area is 454 Å². The van der Waals surface area contributed by atoms with Crippen molar-refractivity contribution >= 4 is 15.6 Å². The summed E-state index contributed by atoms with van der Waals surface area (Å²) in [6.45, 7) is 24.9. The van der Waals surface area contributed by atoms with Crippen LogP contribution in [0, 0.1) is 0 Å². The van der Waals surface area contributed by atoms with Gasteiger partial charge in [0.15, 0.2) is 6.29 Å². The number of aliphatic hydroxyl groups excluding tert-OH is 4. The van der Waals surface area contributed by atoms with Crippen LogP contribution in [0.2, 0.25) is 0 Å². The predicted molar refractivity (Wildman–Crippen MR) is 311 cm³/mol. The van der Waals surface area contributed by atoms with E-state index in [1.54, 1.807) is 6.92 Å². The molecule has 1 aliphatic heterocycles. The lowest BCUT2D eigenvalue weighted by atomic mass is 10.00. The first kappa shape index (κ1) is 70.2. The van der Waals surface area contributed by atoms with Crippen LogP contribution < -0.4 is 0 Å². The molecule has 0 bridgehead atoms. The molecule has 0 aromatic heterocycles. The zero-order chi connectivity index (χ0) is 56.4. The van der Waals surface area contributed by atoms with Gasteiger partial charge in [-0.3, -0.25) is 9.05 Å². The van der Waals surface area contributed by atoms with E-state index in [-0.39, 0.29) is 6.61 Å². The molecule has 0 aliphatic carbocycles. The minimum Gasteiger partial charge on any atom is -0.394 e. The molecular weight excluding hydrogens is 987 g/mol. The lowest BCUT2D eigenvalue weighted by molar-refractivity contribution is -0.280. The van der Waals surface area contributed by atoms with E-state index >= 15 is 0 Å². The standard InChI is InChI=1S/C61H102O12P2/c1-13-46(2)24-14-25-47(3)26-15-27-48(4)28-16-29-49(5)30-17-31-50(6)32-18-33-51(7)34-19-35-52(8)36-20-37-53(9)38-21-39-54(10)40-22-41-55(11)42-23-43-56(12)45-70-74(66,67)73-75(68,69)72-61-60(65)59(64)58(63)57(44-62)71-61/h13,25,27,29,31,33,35,37,39,41,43,57-65H,14-24,26,28,30,32,34,36,38,40,42,44-45H2,1-12H3,(H,66,67)(H,68,69)/b46-13-,47-25-,48-27-,49-29-,50-31-,51-33-,52-35-,53-37-,54-39+,55-41+,56-43+/t57-,58-,59+,60-,61-/m1/s1. The minimum absolute atomic E-state index is 0.377. The number of phosphoric acid groups is 2. The van der Waals surface area contributed by atoms with Crippen molar-refractivity contribution in [1.29, 1.82) is 0 Å². The molecule has 1 aliphatic rings. The molecule has 0 amide bonds. The molecule has 0 aromatic rings. The Morgan fingerprint density at radius 1 is 0.413 bits per heavy atom. The average molecular weight is 1090 g/mol. The molecule has 428 valence electrons. The fourth-order valence-corrected chi connectivity index (χ4v) is 10.4. The second kappa shape index (κ2) is 39.5. The highest BCUT2D eigenvalue weighted by atomic mass is 31.3. The van der Waals surface area contributed by atoms with Crippen LogP contribution in [0.15, 0.2) is 128 Å². The lowest BCUT2D eigenvalue weighted by Crippen LogP contribution is -2.58. The van der Waals surface area contributed by atoms with E-state index in [0.29, 0.717) is 12.0 Å². The summed E-state index contributed by atoms with van der Waals surface area (Å²) in [4.78, 5) is 20.0. The Kier molecular flexibility index (Phi) is 37.0. The van der Waals surface area contributed by atoms with Crippen LogP contribution in [0.4, 0.5) is 0 Å². The third-order valence-corrected chi connectivity index (χ3v) is 16.1. The Balaban J connectivity index is 2.30. The van der Waals surface area contributed by atoms with Crippen molar-refractivity contribution in [3.05, 3.63) is 128 Å². The Hall–Kier alpha value is -2.80. The van der Waals surface area contributed by atoms with E-state index in [4.69, 9.17) is 9.26 Å². The Bertz CT molecular complexity index is 2130. The molecule has 1 heterocycles. The van der Waals surface area contributed by atoms with Gasteiger partial charge in [0.1, 0.15) is 24.4 Å². The van der Waals surface area contributed by atoms with E-state index in [1.807, 2.05) is 6.08 Å². The van der Waals surface area contributed by atoms with Gasteiger partial charge in [-0.15, -0.1) is 0 Å². The first-order valence-corrected chi connectivity index (χ1v) is 30.5. The van der Waals surface area contributed by atoms with Gasteiger partial charge in [0, 0.05) is 0 Å². The molecule has 1 saturated heterocycles. The molecular formula is C61H102O12P2. The van der Waals surface area contributed by atoms with Crippen molar-refractivity contribution in [1.82, 2.24) is 0 Å². The monoisotopic (exact) mass is 1090 g/mol. The molecule has 0 aromatic carbocycles. The molecule has 6 N–H and O–H groups in total. The normalized spacial score (nSPS) is 22.5. The van der Waals surface area contributed by atoms with Gasteiger partial charge in [0.25, 0.3) is 0 Å². The van der Waals surface area contributed by atoms with Gasteiger partial charge in [-0.2, -0.15) is 4.31 Å². The SMILES string of the molecule is C/C=C(/C)CC/C=C(/C)CC/C=C(/C)CC/C=C(/C)CC/C=C(/C)CC/C=C(/C)CC/C=C(/C)CC/C=C(/C)CC/C=C(\C)CC/C=C(\C)CC/C=C(\C)COP(=O)(O)OP(=O)(O)O[C@H]1O[C@H](CO)[C@@H](O)[C@H](O)[C@H]1O. The predicted octanol–water partition coefficient (Wildman–Crippen LogP) is 16.3. The van der Waals surface area contributed by atoms with Gasteiger partial charge in [-0.25, -0.2) is 9.13 Å². The summed E-state index contributed by atoms with van der Waals surface area (Å²) < 4.78 is 43.5. The van der Waals surface area contributed by atoms with Crippen LogP contribution in [0.25, 0.3) is 0 Å². The van der Waals surface area contributed by atoms with Gasteiger partial charge >= 0.3 is 15.6 Å². The molecule has 14 heteroatoms. The summed E-state index contributed by atoms with van der Waals surface area (Å²) in [7, 11) is -10.5. The number of ether oxygens (including phenoxy) is 1. The van der Waals surface area contributed by atoms with E-state index in [9.17, 15) is 39.3 Å². The smallest absolute Gasteiger partial charge is 0.394 e. The van der Waals surface area contributed by atoms with Crippen LogP contribution in [-0.2, 0) is 27.2 Å². The number of rotatable bonds is 38. The van der Waals surface area contributed by atoms with Crippen molar-refractivity contribution in [2.45, 2.75) is 242 Å². The summed E-state index contributed by atoms with van der Waals surface area (Å²) in [5.41, 5.74) is 15.0. The molecule has 0 spiro atoms. The van der Waals surface area contributed by atoms with Crippen LogP contribution in [0.5, 0.6) is 0 Å². The zero-order valence-corrected chi connectivity index (χ0v) is 50.1. The van der Waals surface area contributed by atoms with Crippen LogP contribution in [-0.4, -0.2) is 74.1 Å². The second-order valence-electron chi connectivity index (χ2n) is 21.1. The number of hydrogen-bond donors (Lipinski definition) is 6. The Morgan fingerprint density at radius 3 is 0.947 bits per heavy atom. The number of hydrogen-bond acceptors (Lipinski definition) is 10. The van der Waals surface area contributed by atoms with Crippen molar-refractivity contribution < 1.29 is 57.4 Å². The highest BCUT2D eigenvalue weighted by Gasteiger charge is 2.48. The lowest BCUT2D eigenvalue weighted by Gasteiger charge is -2.39. The molecule has 1 rings (SSSR count). The fraction of sp³-hybridized carbons (Fsp3) is 0.639. The molecule has 0 saturated carbocycles. The zero-order valence-electron chi connectivity index (χ0n) is 48.3. The summed E-state index contributed by atoms with van der Waals surface area (Å²) in [6, 6.07) is 0. The third-order valence-electron chi connectivity index (χ3n) is 13.6. The number of allylic oxidation sites excluding steroid dienone is 21. The fourth-order valence-electron chi connectivity index (χ4n) is 8.23. The van der Waals surface area contributed by atoms with E-state index in [2.05, 4.69) is 146 Å². The minimum atomic E-state index is -5.39. The van der Waals surface area contributed by atoms with Gasteiger partial charge in [-0.05, 0) is 212 Å². The molecule has 1 fully saturated rings. The van der Waals surface area contributed by atoms with Crippen molar-refractivity contribution in [2.24, 2.45) is 0 Å². The van der Waals surface area contributed by atoms with Crippen LogP contribution in [0.3, 0.4) is 0 Å². The molecule has 75 heavy (non-hydrogen) atoms. The molecule has 2 unspecified atom stereocenters. The highest BCUT2D eigenvalue weighted by molar-refractivity contribution is 7.61. The first-order valence-electron chi connectivity index (χ1n) is 27.5. The highest BCUT2D eigenvalue weighted by Crippen LogP contribution is 2.61. The van der Waals surface area contributed by atoms with Gasteiger partial charge in [0.05, 0.1) is 13.2 Å². The summed E-state index contributed by atoms with van der Waals surface area (Å²) in [5, 5.41) is 39.0. The van der Waals surface area contributed by atoms with E-state index in [0.717, 1.165) is 116 Å². The van der Waals surface area contributed by atoms with Gasteiger partial charge < -0.3 is 34.9 Å². The topological polar surface area (TPSA) is 192 Å². The maximum absolute atomic E-state index is 12.4.